The highest BCUT2D eigenvalue weighted by molar-refractivity contribution is 8.00. The second kappa shape index (κ2) is 34.1. The van der Waals surface area contributed by atoms with Crippen LogP contribution in [0.1, 0.15) is 104 Å². The average Bonchev–Trinajstić information content (AvgIpc) is 1.77. The molecule has 30 heteroatoms. The number of Topliss-reactive ketones (excluding diaryl/α,β-unsaturated/α-hetero) is 3. The Morgan fingerprint density at radius 3 is 2.13 bits per heavy atom. The number of ketones is 3. The molecule has 2 aromatic carbocycles. The molecule has 2 saturated heterocycles. The minimum atomic E-state index is -1.58. The van der Waals surface area contributed by atoms with Gasteiger partial charge in [0.1, 0.15) is 12.1 Å². The number of hydrogen-bond donors (Lipinski definition) is 12. The molecule has 11 amide bonds. The molecule has 4 aliphatic heterocycles. The lowest BCUT2D eigenvalue weighted by molar-refractivity contribution is -0.145. The first-order valence-corrected chi connectivity index (χ1v) is 34.2. The number of aromatic nitrogens is 1. The monoisotopic (exact) mass is 1360 g/mol. The first kappa shape index (κ1) is 74.3. The van der Waals surface area contributed by atoms with Crippen molar-refractivity contribution in [1.29, 1.82) is 0 Å². The fourth-order valence-corrected chi connectivity index (χ4v) is 13.8. The maximum atomic E-state index is 15.1. The molecule has 2 fully saturated rings. The third-order valence-corrected chi connectivity index (χ3v) is 20.1. The number of thioether (sulfide) groups is 2. The number of likely N-dealkylation sites (tertiary alicyclic amines) is 1. The maximum Gasteiger partial charge on any atom is 0.243 e. The topological polar surface area (TPSA) is 418 Å². The standard InChI is InChI=1S/C65H87N11O17S2/c1-8-33(4)58-62(91)68-27-54(85)70-45-31-95-63-42(40-11-9-10-12-43(40)72-63)23-44(61(90)67-28-55(86)74-58)71-60(89)41(35(6)50(82)30-77)24-48(80)46-22-39(78)29-76(46)64(92)37(20-47(45)79)21-53(84)66-26-36-13-15-38(16-14-36)69-59(88)34(5)19-49(81)57(32(2)3)73-52(83)17-18-75-56(87)25-51(94-7)65(75)93/h9-16,32-35,37,39,41,44-46,50-51,57-58,72,77-78,82H,8,17-31H2,1-7H3,(H,66,84)(H,67,90)(H,68,91)(H,69,88)(H,70,85)(H,71,89)(H,73,83)(H,74,86)/t33-,34+,35+,37-,39+,41-,44?,45-,46-,50-,51?,57?,58-/m0/s1. The third kappa shape index (κ3) is 19.6. The van der Waals surface area contributed by atoms with E-state index in [1.54, 1.807) is 89.4 Å². The molecule has 1 aromatic heterocycles. The lowest BCUT2D eigenvalue weighted by Gasteiger charge is -2.31. The molecule has 7 rings (SSSR count). The second-order valence-electron chi connectivity index (χ2n) is 25.3. The van der Waals surface area contributed by atoms with E-state index < -0.39 is 193 Å². The van der Waals surface area contributed by atoms with E-state index in [4.69, 9.17) is 0 Å². The number of aliphatic hydroxyl groups is 3. The Bertz CT molecular complexity index is 3400. The molecule has 516 valence electrons. The number of anilines is 1. The van der Waals surface area contributed by atoms with Gasteiger partial charge in [-0.1, -0.05) is 78.3 Å². The Balaban J connectivity index is 1.13. The predicted molar refractivity (Wildman–Crippen MR) is 349 cm³/mol. The van der Waals surface area contributed by atoms with E-state index in [0.717, 1.165) is 21.6 Å². The van der Waals surface area contributed by atoms with Gasteiger partial charge in [-0.05, 0) is 53.3 Å². The van der Waals surface area contributed by atoms with Gasteiger partial charge in [0.15, 0.2) is 17.3 Å². The Morgan fingerprint density at radius 1 is 0.779 bits per heavy atom. The van der Waals surface area contributed by atoms with Crippen molar-refractivity contribution in [3.8, 4) is 0 Å². The molecule has 5 heterocycles. The zero-order valence-corrected chi connectivity index (χ0v) is 55.9. The number of nitrogens with one attached hydrogen (secondary N) is 9. The number of hydrogen-bond acceptors (Lipinski definition) is 19. The molecule has 0 radical (unpaired) electrons. The van der Waals surface area contributed by atoms with Crippen molar-refractivity contribution in [3.63, 3.8) is 0 Å². The van der Waals surface area contributed by atoms with Crippen molar-refractivity contribution in [2.45, 2.75) is 159 Å². The molecule has 4 aliphatic rings. The van der Waals surface area contributed by atoms with Crippen molar-refractivity contribution in [2.24, 2.45) is 35.5 Å². The van der Waals surface area contributed by atoms with Crippen LogP contribution < -0.4 is 42.5 Å². The van der Waals surface area contributed by atoms with E-state index in [0.29, 0.717) is 39.2 Å². The van der Waals surface area contributed by atoms with Crippen molar-refractivity contribution in [2.75, 3.05) is 50.1 Å². The van der Waals surface area contributed by atoms with Gasteiger partial charge in [0.05, 0.1) is 66.2 Å². The number of fused-ring (bicyclic) bond motifs is 5. The molecule has 12 N–H and O–H groups in total. The van der Waals surface area contributed by atoms with Crippen LogP contribution in [0.4, 0.5) is 5.69 Å². The number of imide groups is 1. The van der Waals surface area contributed by atoms with Gasteiger partial charge in [-0.2, -0.15) is 11.8 Å². The van der Waals surface area contributed by atoms with Crippen LogP contribution in [-0.2, 0) is 80.1 Å². The Hall–Kier alpha value is -8.06. The maximum absolute atomic E-state index is 15.1. The number of carbonyl (C=O) groups excluding carboxylic acids is 14. The van der Waals surface area contributed by atoms with E-state index in [1.807, 2.05) is 0 Å². The van der Waals surface area contributed by atoms with Crippen LogP contribution in [0.15, 0.2) is 53.6 Å². The number of H-pyrrole nitrogens is 1. The van der Waals surface area contributed by atoms with Crippen molar-refractivity contribution >= 4 is 122 Å². The zero-order valence-electron chi connectivity index (χ0n) is 54.3. The molecule has 13 atom stereocenters. The molecule has 28 nitrogen and oxygen atoms in total. The largest absolute Gasteiger partial charge is 0.394 e. The Kier molecular flexibility index (Phi) is 26.6. The first-order valence-electron chi connectivity index (χ1n) is 32.0. The van der Waals surface area contributed by atoms with Gasteiger partial charge in [0, 0.05) is 105 Å². The highest BCUT2D eigenvalue weighted by atomic mass is 32.2. The molecule has 0 saturated carbocycles. The van der Waals surface area contributed by atoms with Gasteiger partial charge < -0.3 is 67.7 Å². The molecule has 3 aromatic rings. The van der Waals surface area contributed by atoms with Crippen molar-refractivity contribution in [3.05, 3.63) is 59.7 Å². The molecular formula is C65H87N11O17S2. The van der Waals surface area contributed by atoms with Crippen molar-refractivity contribution < 1.29 is 82.4 Å². The number of benzene rings is 2. The van der Waals surface area contributed by atoms with Gasteiger partial charge in [0.2, 0.25) is 65.0 Å². The summed E-state index contributed by atoms with van der Waals surface area (Å²) in [6, 6.07) is 6.68. The smallest absolute Gasteiger partial charge is 0.243 e. The normalized spacial score (nSPS) is 24.7. The molecule has 3 unspecified atom stereocenters. The van der Waals surface area contributed by atoms with Crippen LogP contribution in [0.25, 0.3) is 10.9 Å². The number of para-hydroxylation sites is 1. The number of nitrogens with zero attached hydrogens (tertiary/aromatic N) is 2. The van der Waals surface area contributed by atoms with Crippen LogP contribution in [-0.4, -0.2) is 205 Å². The van der Waals surface area contributed by atoms with E-state index >= 15 is 9.59 Å². The highest BCUT2D eigenvalue weighted by Gasteiger charge is 2.46. The molecule has 2 bridgehead atoms. The summed E-state index contributed by atoms with van der Waals surface area (Å²) in [6.45, 7) is 6.99. The fourth-order valence-electron chi connectivity index (χ4n) is 12.0. The van der Waals surface area contributed by atoms with Gasteiger partial charge in [-0.25, -0.2) is 0 Å². The predicted octanol–water partition coefficient (Wildman–Crippen LogP) is -0.0738. The summed E-state index contributed by atoms with van der Waals surface area (Å²) in [5.41, 5.74) is 1.87. The SMILES string of the molecule is CC[C@H](C)[C@@H]1NC(=O)CNC(=O)C2Cc3c([nH]c4ccccc34)SC[C@H](NC(=O)CNC1=O)C(=O)C[C@@H](CC(=O)NCc1ccc(NC(=O)[C@H](C)CC(=O)C(NC(=O)CCN3C(=O)CC(SC)C3=O)C(C)C)cc1)C(=O)N1C[C@H](O)C[C@H]1C(=O)C[C@@H]([C@@H](C)[C@@H](O)CO)C(=O)N2. The third-order valence-electron chi connectivity index (χ3n) is 18.0. The van der Waals surface area contributed by atoms with E-state index in [2.05, 4.69) is 47.5 Å². The lowest BCUT2D eigenvalue weighted by Crippen LogP contribution is -2.56. The summed E-state index contributed by atoms with van der Waals surface area (Å²) >= 11 is 2.30. The number of carbonyl (C=O) groups is 14. The number of amides is 11. The Labute approximate surface area is 558 Å². The van der Waals surface area contributed by atoms with Gasteiger partial charge >= 0.3 is 0 Å². The minimum absolute atomic E-state index is 0.0542. The zero-order chi connectivity index (χ0) is 69.5. The van der Waals surface area contributed by atoms with Crippen LogP contribution in [0.5, 0.6) is 0 Å². The number of aromatic amines is 1. The highest BCUT2D eigenvalue weighted by Crippen LogP contribution is 2.34. The van der Waals surface area contributed by atoms with Gasteiger partial charge in [-0.15, -0.1) is 11.8 Å². The number of rotatable bonds is 20. The Morgan fingerprint density at radius 2 is 1.46 bits per heavy atom. The first-order chi connectivity index (χ1) is 45.1. The summed E-state index contributed by atoms with van der Waals surface area (Å²) in [4.78, 5) is 200. The summed E-state index contributed by atoms with van der Waals surface area (Å²) < 4.78 is 0. The van der Waals surface area contributed by atoms with Crippen LogP contribution in [0, 0.1) is 35.5 Å². The molecule has 95 heavy (non-hydrogen) atoms. The summed E-state index contributed by atoms with van der Waals surface area (Å²) in [7, 11) is 0. The van der Waals surface area contributed by atoms with E-state index in [-0.39, 0.29) is 68.7 Å². The molecule has 0 spiro atoms. The van der Waals surface area contributed by atoms with Crippen LogP contribution in [0.2, 0.25) is 0 Å². The average molecular weight is 1360 g/mol. The van der Waals surface area contributed by atoms with E-state index in [1.165, 1.54) is 18.7 Å². The fraction of sp³-hybridized carbons (Fsp3) is 0.569. The van der Waals surface area contributed by atoms with Gasteiger partial charge in [0.25, 0.3) is 0 Å². The van der Waals surface area contributed by atoms with Crippen LogP contribution in [0.3, 0.4) is 0 Å². The summed E-state index contributed by atoms with van der Waals surface area (Å²) in [5.74, 6) is -15.7. The summed E-state index contributed by atoms with van der Waals surface area (Å²) in [6.07, 6.45) is -3.86. The van der Waals surface area contributed by atoms with Gasteiger partial charge in [-0.3, -0.25) is 72.0 Å². The molecule has 0 aliphatic carbocycles. The second-order valence-corrected chi connectivity index (χ2v) is 27.4. The summed E-state index contributed by atoms with van der Waals surface area (Å²) in [5, 5.41) is 54.1. The van der Waals surface area contributed by atoms with E-state index in [9.17, 15) is 72.9 Å². The minimum Gasteiger partial charge on any atom is -0.394 e. The quantitative estimate of drug-likeness (QED) is 0.0659. The molecular weight excluding hydrogens is 1270 g/mol. The van der Waals surface area contributed by atoms with Crippen LogP contribution >= 0.6 is 23.5 Å². The lowest BCUT2D eigenvalue weighted by atomic mass is 9.83. The van der Waals surface area contributed by atoms with Crippen molar-refractivity contribution in [1.82, 2.24) is 52.0 Å². The number of aliphatic hydroxyl groups excluding tert-OH is 3.